The van der Waals surface area contributed by atoms with Crippen molar-refractivity contribution in [3.63, 3.8) is 0 Å². The quantitative estimate of drug-likeness (QED) is 0.584. The zero-order valence-electron chi connectivity index (χ0n) is 8.29. The summed E-state index contributed by atoms with van der Waals surface area (Å²) in [6, 6.07) is 0. The third-order valence-corrected chi connectivity index (χ3v) is 11.1. The van der Waals surface area contributed by atoms with Crippen LogP contribution in [-0.4, -0.2) is 43.2 Å². The second kappa shape index (κ2) is 5.99. The Labute approximate surface area is 82.0 Å². The molecule has 1 unspecified atom stereocenters. The fourth-order valence-corrected chi connectivity index (χ4v) is 9.61. The van der Waals surface area contributed by atoms with Crippen molar-refractivity contribution >= 4 is 43.2 Å². The van der Waals surface area contributed by atoms with Gasteiger partial charge in [-0.3, -0.25) is 0 Å². The van der Waals surface area contributed by atoms with Gasteiger partial charge >= 0.3 is 17.8 Å². The summed E-state index contributed by atoms with van der Waals surface area (Å²) in [6.07, 6.45) is 3.70. The minimum absolute atomic E-state index is 0.130. The Morgan fingerprint density at radius 2 is 2.08 bits per heavy atom. The molecule has 0 aliphatic heterocycles. The lowest BCUT2D eigenvalue weighted by Gasteiger charge is -2.26. The molecule has 72 valence electrons. The molecule has 0 amide bonds. The van der Waals surface area contributed by atoms with Crippen LogP contribution in [0.4, 0.5) is 0 Å². The van der Waals surface area contributed by atoms with Gasteiger partial charge in [-0.05, 0) is 19.6 Å². The molecule has 0 aromatic rings. The molecular weight excluding hydrogens is 220 g/mol. The summed E-state index contributed by atoms with van der Waals surface area (Å²) in [6.45, 7) is 8.31. The first-order valence-corrected chi connectivity index (χ1v) is 12.3. The SMILES string of the molecule is C=[SiH]O[SiH](C)O[Si](C)(C)O[SiH2]C. The molecule has 0 saturated heterocycles. The van der Waals surface area contributed by atoms with Crippen LogP contribution < -0.4 is 0 Å². The lowest BCUT2D eigenvalue weighted by molar-refractivity contribution is 0.371. The predicted molar refractivity (Wildman–Crippen MR) is 62.4 cm³/mol. The first-order valence-electron chi connectivity index (χ1n) is 4.10. The van der Waals surface area contributed by atoms with Crippen molar-refractivity contribution in [3.05, 3.63) is 0 Å². The summed E-state index contributed by atoms with van der Waals surface area (Å²) in [4.78, 5) is 0. The Bertz CT molecular complexity index is 141. The number of hydrogen-bond donors (Lipinski definition) is 0. The van der Waals surface area contributed by atoms with E-state index >= 15 is 0 Å². The molecule has 0 aromatic heterocycles. The van der Waals surface area contributed by atoms with Crippen LogP contribution in [-0.2, 0) is 12.3 Å². The summed E-state index contributed by atoms with van der Waals surface area (Å²) in [5, 5.41) is 0. The van der Waals surface area contributed by atoms with Crippen LogP contribution in [0.3, 0.4) is 0 Å². The molecule has 12 heavy (non-hydrogen) atoms. The first kappa shape index (κ1) is 12.5. The minimum atomic E-state index is -1.82. The molecule has 0 rings (SSSR count). The van der Waals surface area contributed by atoms with Crippen molar-refractivity contribution in [3.8, 4) is 0 Å². The van der Waals surface area contributed by atoms with Crippen LogP contribution >= 0.6 is 0 Å². The molecule has 0 bridgehead atoms. The van der Waals surface area contributed by atoms with Gasteiger partial charge in [0.05, 0.1) is 0 Å². The van der Waals surface area contributed by atoms with Gasteiger partial charge in [0.15, 0.2) is 9.38 Å². The van der Waals surface area contributed by atoms with Crippen LogP contribution in [0.15, 0.2) is 0 Å². The average molecular weight is 239 g/mol. The van der Waals surface area contributed by atoms with E-state index in [0.29, 0.717) is 0 Å². The van der Waals surface area contributed by atoms with Crippen molar-refractivity contribution in [2.24, 2.45) is 0 Å². The summed E-state index contributed by atoms with van der Waals surface area (Å²) >= 11 is 0. The zero-order chi connectivity index (χ0) is 9.61. The fourth-order valence-electron chi connectivity index (χ4n) is 0.945. The van der Waals surface area contributed by atoms with Gasteiger partial charge in [0, 0.05) is 0 Å². The van der Waals surface area contributed by atoms with E-state index in [1.807, 2.05) is 6.55 Å². The highest BCUT2D eigenvalue weighted by Gasteiger charge is 2.26. The smallest absolute Gasteiger partial charge is 0.355 e. The molecule has 0 radical (unpaired) electrons. The monoisotopic (exact) mass is 238 g/mol. The lowest BCUT2D eigenvalue weighted by Crippen LogP contribution is -2.41. The second-order valence-corrected chi connectivity index (χ2v) is 10.9. The van der Waals surface area contributed by atoms with E-state index in [4.69, 9.17) is 12.3 Å². The van der Waals surface area contributed by atoms with Crippen LogP contribution in [0.1, 0.15) is 0 Å². The standard InChI is InChI=1S/C5H18O3Si4/c1-9-6-11(3)8-12(4,5)7-10-2/h9,11H,1,10H2,2-5H3. The highest BCUT2D eigenvalue weighted by molar-refractivity contribution is 6.75. The maximum atomic E-state index is 5.77. The Morgan fingerprint density at radius 1 is 1.50 bits per heavy atom. The van der Waals surface area contributed by atoms with Gasteiger partial charge in [0.25, 0.3) is 0 Å². The van der Waals surface area contributed by atoms with E-state index in [0.717, 1.165) is 0 Å². The Hall–Kier alpha value is 0.458. The third-order valence-electron chi connectivity index (χ3n) is 1.23. The van der Waals surface area contributed by atoms with Crippen LogP contribution in [0.25, 0.3) is 0 Å². The van der Waals surface area contributed by atoms with E-state index in [1.165, 1.54) is 0 Å². The second-order valence-electron chi connectivity index (χ2n) is 2.82. The molecule has 0 fully saturated rings. The van der Waals surface area contributed by atoms with Gasteiger partial charge in [-0.15, -0.1) is 0 Å². The molecule has 3 nitrogen and oxygen atoms in total. The van der Waals surface area contributed by atoms with Crippen LogP contribution in [0.5, 0.6) is 0 Å². The Kier molecular flexibility index (Phi) is 6.22. The summed E-state index contributed by atoms with van der Waals surface area (Å²) in [5.41, 5.74) is 0. The lowest BCUT2D eigenvalue weighted by atomic mass is 11.9. The van der Waals surface area contributed by atoms with E-state index in [2.05, 4.69) is 25.8 Å². The van der Waals surface area contributed by atoms with Crippen molar-refractivity contribution in [1.29, 1.82) is 0 Å². The maximum Gasteiger partial charge on any atom is 0.355 e. The van der Waals surface area contributed by atoms with E-state index in [9.17, 15) is 0 Å². The van der Waals surface area contributed by atoms with Gasteiger partial charge in [-0.2, -0.15) is 0 Å². The third kappa shape index (κ3) is 6.03. The Balaban J connectivity index is 3.78. The molecule has 0 aromatic carbocycles. The summed E-state index contributed by atoms with van der Waals surface area (Å²) < 4.78 is 16.8. The zero-order valence-corrected chi connectivity index (χ0v) is 13.0. The number of hydrogen-bond acceptors (Lipinski definition) is 3. The van der Waals surface area contributed by atoms with Crippen molar-refractivity contribution < 1.29 is 12.3 Å². The molecular formula is C5H18O3Si4. The van der Waals surface area contributed by atoms with Crippen molar-refractivity contribution in [2.75, 3.05) is 0 Å². The van der Waals surface area contributed by atoms with Gasteiger partial charge in [-0.1, -0.05) is 12.7 Å². The topological polar surface area (TPSA) is 27.7 Å². The van der Waals surface area contributed by atoms with Gasteiger partial charge in [0.2, 0.25) is 0 Å². The normalized spacial score (nSPS) is 15.0. The van der Waals surface area contributed by atoms with E-state index in [1.54, 1.807) is 0 Å². The molecule has 0 N–H and O–H groups in total. The van der Waals surface area contributed by atoms with Gasteiger partial charge in [-0.25, -0.2) is 0 Å². The van der Waals surface area contributed by atoms with E-state index in [-0.39, 0.29) is 19.1 Å². The minimum Gasteiger partial charge on any atom is -0.591 e. The largest absolute Gasteiger partial charge is 0.591 e. The molecule has 1 atom stereocenters. The van der Waals surface area contributed by atoms with Gasteiger partial charge < -0.3 is 12.3 Å². The fraction of sp³-hybridized carbons (Fsp3) is 0.800. The molecule has 0 heterocycles. The molecule has 0 spiro atoms. The van der Waals surface area contributed by atoms with Crippen molar-refractivity contribution in [2.45, 2.75) is 26.2 Å². The molecule has 0 aliphatic rings. The van der Waals surface area contributed by atoms with E-state index < -0.39 is 17.8 Å². The van der Waals surface area contributed by atoms with Crippen LogP contribution in [0.2, 0.25) is 26.2 Å². The highest BCUT2D eigenvalue weighted by atomic mass is 28.5. The summed E-state index contributed by atoms with van der Waals surface area (Å²) in [7, 11) is -3.73. The molecule has 0 aliphatic carbocycles. The highest BCUT2D eigenvalue weighted by Crippen LogP contribution is 2.07. The van der Waals surface area contributed by atoms with Crippen LogP contribution in [0, 0.1) is 0 Å². The Morgan fingerprint density at radius 3 is 2.50 bits per heavy atom. The maximum absolute atomic E-state index is 5.77. The average Bonchev–Trinajstić information content (AvgIpc) is 1.85. The number of rotatable bonds is 6. The molecule has 7 heteroatoms. The van der Waals surface area contributed by atoms with Gasteiger partial charge in [0.1, 0.15) is 9.76 Å². The first-order chi connectivity index (χ1) is 5.52. The predicted octanol–water partition coefficient (Wildman–Crippen LogP) is -0.496. The molecule has 0 saturated carbocycles. The van der Waals surface area contributed by atoms with Crippen molar-refractivity contribution in [1.82, 2.24) is 0 Å². The summed E-state index contributed by atoms with van der Waals surface area (Å²) in [5.74, 6) is 0.